The van der Waals surface area contributed by atoms with E-state index in [-0.39, 0.29) is 5.91 Å². The zero-order chi connectivity index (χ0) is 19.7. The maximum atomic E-state index is 11.4. The third kappa shape index (κ3) is 4.29. The van der Waals surface area contributed by atoms with Crippen molar-refractivity contribution >= 4 is 40.5 Å². The number of hydrogen-bond acceptors (Lipinski definition) is 3. The summed E-state index contributed by atoms with van der Waals surface area (Å²) in [6.45, 7) is 6.69. The largest absolute Gasteiger partial charge is 0.369 e. The number of halogens is 2. The van der Waals surface area contributed by atoms with Gasteiger partial charge in [-0.1, -0.05) is 29.3 Å². The lowest BCUT2D eigenvalue weighted by atomic mass is 9.99. The highest BCUT2D eigenvalue weighted by Crippen LogP contribution is 2.36. The molecule has 1 aliphatic heterocycles. The first kappa shape index (κ1) is 19.6. The number of aryl methyl sites for hydroxylation is 1. The molecular weight excluding hydrogens is 393 g/mol. The highest BCUT2D eigenvalue weighted by atomic mass is 35.5. The summed E-state index contributed by atoms with van der Waals surface area (Å²) in [6.07, 6.45) is 2.31. The van der Waals surface area contributed by atoms with Gasteiger partial charge in [0.25, 0.3) is 0 Å². The summed E-state index contributed by atoms with van der Waals surface area (Å²) in [5.74, 6) is 0.521. The van der Waals surface area contributed by atoms with Crippen LogP contribution in [0.25, 0.3) is 0 Å². The van der Waals surface area contributed by atoms with Gasteiger partial charge in [0.1, 0.15) is 0 Å². The Balaban J connectivity index is 1.37. The van der Waals surface area contributed by atoms with Gasteiger partial charge in [-0.05, 0) is 60.2 Å². The van der Waals surface area contributed by atoms with Crippen LogP contribution in [0.15, 0.2) is 36.4 Å². The van der Waals surface area contributed by atoms with Crippen LogP contribution in [-0.4, -0.2) is 43.5 Å². The van der Waals surface area contributed by atoms with Gasteiger partial charge in [0, 0.05) is 51.0 Å². The van der Waals surface area contributed by atoms with E-state index >= 15 is 0 Å². The number of nitrogens with zero attached hydrogens (tertiary/aromatic N) is 2. The van der Waals surface area contributed by atoms with E-state index in [0.29, 0.717) is 16.0 Å². The Morgan fingerprint density at radius 3 is 2.57 bits per heavy atom. The van der Waals surface area contributed by atoms with Gasteiger partial charge in [-0.25, -0.2) is 0 Å². The maximum absolute atomic E-state index is 11.4. The Morgan fingerprint density at radius 1 is 1.07 bits per heavy atom. The van der Waals surface area contributed by atoms with Crippen LogP contribution >= 0.6 is 23.2 Å². The molecule has 4 nitrogen and oxygen atoms in total. The maximum Gasteiger partial charge on any atom is 0.221 e. The molecule has 0 saturated carbocycles. The van der Waals surface area contributed by atoms with Gasteiger partial charge < -0.3 is 10.2 Å². The SMILES string of the molecule is CC(=O)Nc1ccc2c(c1)C(CN1CCN(c3ccc(Cl)c(Cl)c3)CC1)CC2. The Labute approximate surface area is 176 Å². The minimum atomic E-state index is -0.0204. The zero-order valence-corrected chi connectivity index (χ0v) is 17.6. The van der Waals surface area contributed by atoms with E-state index in [4.69, 9.17) is 23.2 Å². The summed E-state index contributed by atoms with van der Waals surface area (Å²) in [4.78, 5) is 16.3. The molecule has 2 aromatic rings. The molecule has 1 aliphatic carbocycles. The van der Waals surface area contributed by atoms with E-state index in [1.807, 2.05) is 24.3 Å². The number of carbonyl (C=O) groups is 1. The number of nitrogens with one attached hydrogen (secondary N) is 1. The summed E-state index contributed by atoms with van der Waals surface area (Å²) in [5, 5.41) is 4.12. The molecule has 1 saturated heterocycles. The van der Waals surface area contributed by atoms with Crippen molar-refractivity contribution in [3.63, 3.8) is 0 Å². The van der Waals surface area contributed by atoms with Gasteiger partial charge in [-0.3, -0.25) is 9.69 Å². The van der Waals surface area contributed by atoms with Crippen molar-refractivity contribution in [1.82, 2.24) is 4.90 Å². The minimum absolute atomic E-state index is 0.0204. The zero-order valence-electron chi connectivity index (χ0n) is 16.0. The summed E-state index contributed by atoms with van der Waals surface area (Å²) in [5.41, 5.74) is 4.87. The van der Waals surface area contributed by atoms with Gasteiger partial charge in [0.15, 0.2) is 0 Å². The van der Waals surface area contributed by atoms with Gasteiger partial charge >= 0.3 is 0 Å². The fourth-order valence-electron chi connectivity index (χ4n) is 4.34. The van der Waals surface area contributed by atoms with Gasteiger partial charge in [-0.15, -0.1) is 0 Å². The summed E-state index contributed by atoms with van der Waals surface area (Å²) in [6, 6.07) is 12.2. The Bertz CT molecular complexity index is 878. The van der Waals surface area contributed by atoms with E-state index < -0.39 is 0 Å². The number of carbonyl (C=O) groups excluding carboxylic acids is 1. The van der Waals surface area contributed by atoms with E-state index in [1.165, 1.54) is 17.5 Å². The van der Waals surface area contributed by atoms with Crippen molar-refractivity contribution in [1.29, 1.82) is 0 Å². The Hall–Kier alpha value is -1.75. The monoisotopic (exact) mass is 417 g/mol. The van der Waals surface area contributed by atoms with Crippen LogP contribution in [-0.2, 0) is 11.2 Å². The highest BCUT2D eigenvalue weighted by Gasteiger charge is 2.27. The van der Waals surface area contributed by atoms with Gasteiger partial charge in [-0.2, -0.15) is 0 Å². The first-order valence-corrected chi connectivity index (χ1v) is 10.6. The van der Waals surface area contributed by atoms with Crippen LogP contribution in [0.4, 0.5) is 11.4 Å². The van der Waals surface area contributed by atoms with Crippen LogP contribution in [0.1, 0.15) is 30.4 Å². The number of rotatable bonds is 4. The van der Waals surface area contributed by atoms with Crippen molar-refractivity contribution in [2.45, 2.75) is 25.7 Å². The fraction of sp³-hybridized carbons (Fsp3) is 0.409. The average Bonchev–Trinajstić information content (AvgIpc) is 3.06. The van der Waals surface area contributed by atoms with E-state index in [2.05, 4.69) is 27.2 Å². The van der Waals surface area contributed by atoms with E-state index in [9.17, 15) is 4.79 Å². The molecule has 2 aliphatic rings. The van der Waals surface area contributed by atoms with Crippen LogP contribution in [0.2, 0.25) is 10.0 Å². The third-order valence-corrected chi connectivity index (χ3v) is 6.53. The first-order valence-electron chi connectivity index (χ1n) is 9.82. The molecule has 1 atom stereocenters. The number of anilines is 2. The van der Waals surface area contributed by atoms with Crippen LogP contribution in [0.5, 0.6) is 0 Å². The molecule has 28 heavy (non-hydrogen) atoms. The predicted molar refractivity (Wildman–Crippen MR) is 117 cm³/mol. The minimum Gasteiger partial charge on any atom is -0.369 e. The van der Waals surface area contributed by atoms with Crippen molar-refractivity contribution < 1.29 is 4.79 Å². The molecule has 0 spiro atoms. The normalized spacial score (nSPS) is 19.5. The standard InChI is InChI=1S/C22H25Cl2N3O/c1-15(28)25-18-5-4-16-2-3-17(20(16)12-18)14-26-8-10-27(11-9-26)19-6-7-21(23)22(24)13-19/h4-7,12-13,17H,2-3,8-11,14H2,1H3,(H,25,28). The lowest BCUT2D eigenvalue weighted by Gasteiger charge is -2.37. The molecule has 1 amide bonds. The number of benzene rings is 2. The summed E-state index contributed by atoms with van der Waals surface area (Å²) >= 11 is 12.2. The van der Waals surface area contributed by atoms with E-state index in [0.717, 1.165) is 50.5 Å². The van der Waals surface area contributed by atoms with Crippen LogP contribution < -0.4 is 10.2 Å². The van der Waals surface area contributed by atoms with Crippen molar-refractivity contribution in [3.05, 3.63) is 57.6 Å². The smallest absolute Gasteiger partial charge is 0.221 e. The van der Waals surface area contributed by atoms with Gasteiger partial charge in [0.2, 0.25) is 5.91 Å². The second-order valence-corrected chi connectivity index (χ2v) is 8.53. The molecular formula is C22H25Cl2N3O. The van der Waals surface area contributed by atoms with Gasteiger partial charge in [0.05, 0.1) is 10.0 Å². The average molecular weight is 418 g/mol. The third-order valence-electron chi connectivity index (χ3n) is 5.79. The molecule has 6 heteroatoms. The van der Waals surface area contributed by atoms with Crippen molar-refractivity contribution in [2.24, 2.45) is 0 Å². The topological polar surface area (TPSA) is 35.6 Å². The van der Waals surface area contributed by atoms with Crippen LogP contribution in [0.3, 0.4) is 0 Å². The van der Waals surface area contributed by atoms with Crippen molar-refractivity contribution in [2.75, 3.05) is 42.9 Å². The van der Waals surface area contributed by atoms with Crippen LogP contribution in [0, 0.1) is 0 Å². The molecule has 1 fully saturated rings. The summed E-state index contributed by atoms with van der Waals surface area (Å²) < 4.78 is 0. The lowest BCUT2D eigenvalue weighted by Crippen LogP contribution is -2.47. The molecule has 1 unspecified atom stereocenters. The Kier molecular flexibility index (Phi) is 5.81. The summed E-state index contributed by atoms with van der Waals surface area (Å²) in [7, 11) is 0. The van der Waals surface area contributed by atoms with Crippen molar-refractivity contribution in [3.8, 4) is 0 Å². The number of amides is 1. The Morgan fingerprint density at radius 2 is 1.86 bits per heavy atom. The number of hydrogen-bond donors (Lipinski definition) is 1. The molecule has 0 aromatic heterocycles. The molecule has 4 rings (SSSR count). The quantitative estimate of drug-likeness (QED) is 0.775. The lowest BCUT2D eigenvalue weighted by molar-refractivity contribution is -0.114. The second-order valence-electron chi connectivity index (χ2n) is 7.72. The second kappa shape index (κ2) is 8.32. The van der Waals surface area contributed by atoms with E-state index in [1.54, 1.807) is 6.92 Å². The molecule has 0 bridgehead atoms. The first-order chi connectivity index (χ1) is 13.5. The molecule has 2 aromatic carbocycles. The fourth-order valence-corrected chi connectivity index (χ4v) is 4.63. The molecule has 148 valence electrons. The molecule has 0 radical (unpaired) electrons. The number of fused-ring (bicyclic) bond motifs is 1. The highest BCUT2D eigenvalue weighted by molar-refractivity contribution is 6.42. The molecule has 1 N–H and O–H groups in total. The predicted octanol–water partition coefficient (Wildman–Crippen LogP) is 4.80. The molecule has 1 heterocycles. The number of piperazine rings is 1.